The molecule has 1 rings (SSSR count). The fraction of sp³-hybridized carbons (Fsp3) is 0.647. The minimum absolute atomic E-state index is 0.0120. The van der Waals surface area contributed by atoms with Crippen molar-refractivity contribution in [2.75, 3.05) is 13.2 Å². The Morgan fingerprint density at radius 1 is 0.643 bits per heavy atom. The standard InChI is InChI=1S/C34H54O7S/c1-3-5-7-9-11-13-15-17-19-21-23-28-40-33(35)30-26-25-27-31(42(37,38)39)32(30)34(36)41-29-24-22-20-18-16-14-12-10-8-6-4-2/h21-27H,3-20,28-29H2,1-2H3,(H,37,38,39)/b23-21+,24-22+. The van der Waals surface area contributed by atoms with Crippen LogP contribution in [0.4, 0.5) is 0 Å². The van der Waals surface area contributed by atoms with E-state index in [9.17, 15) is 22.6 Å². The van der Waals surface area contributed by atoms with Gasteiger partial charge >= 0.3 is 11.9 Å². The van der Waals surface area contributed by atoms with Crippen LogP contribution in [0.2, 0.25) is 0 Å². The van der Waals surface area contributed by atoms with Gasteiger partial charge in [0.1, 0.15) is 18.1 Å². The van der Waals surface area contributed by atoms with E-state index >= 15 is 0 Å². The molecule has 0 amide bonds. The number of unbranched alkanes of at least 4 members (excludes halogenated alkanes) is 16. The minimum atomic E-state index is -4.78. The summed E-state index contributed by atoms with van der Waals surface area (Å²) in [5.74, 6) is -1.88. The van der Waals surface area contributed by atoms with Crippen LogP contribution in [0.5, 0.6) is 0 Å². The molecule has 0 radical (unpaired) electrons. The molecule has 1 N–H and O–H groups in total. The maximum absolute atomic E-state index is 12.8. The number of esters is 2. The number of benzene rings is 1. The molecule has 1 aromatic rings. The van der Waals surface area contributed by atoms with Crippen LogP contribution in [0.15, 0.2) is 47.4 Å². The van der Waals surface area contributed by atoms with Crippen LogP contribution in [0.1, 0.15) is 150 Å². The highest BCUT2D eigenvalue weighted by Crippen LogP contribution is 2.22. The molecule has 42 heavy (non-hydrogen) atoms. The van der Waals surface area contributed by atoms with Gasteiger partial charge in [0, 0.05) is 0 Å². The molecule has 0 unspecified atom stereocenters. The van der Waals surface area contributed by atoms with Crippen LogP contribution < -0.4 is 0 Å². The first kappa shape index (κ1) is 37.6. The number of carbonyl (C=O) groups excluding carboxylic acids is 2. The van der Waals surface area contributed by atoms with Gasteiger partial charge in [0.15, 0.2) is 0 Å². The smallest absolute Gasteiger partial charge is 0.340 e. The first-order valence-corrected chi connectivity index (χ1v) is 17.5. The van der Waals surface area contributed by atoms with Crippen molar-refractivity contribution in [3.8, 4) is 0 Å². The molecule has 0 aliphatic rings. The van der Waals surface area contributed by atoms with Gasteiger partial charge in [-0.2, -0.15) is 8.42 Å². The molecule has 0 fully saturated rings. The molecule has 8 heteroatoms. The lowest BCUT2D eigenvalue weighted by atomic mass is 10.1. The van der Waals surface area contributed by atoms with E-state index in [-0.39, 0.29) is 18.8 Å². The monoisotopic (exact) mass is 606 g/mol. The summed E-state index contributed by atoms with van der Waals surface area (Å²) < 4.78 is 44.1. The van der Waals surface area contributed by atoms with Crippen LogP contribution in [0.25, 0.3) is 0 Å². The number of hydrogen-bond acceptors (Lipinski definition) is 6. The molecule has 238 valence electrons. The normalized spacial score (nSPS) is 11.9. The van der Waals surface area contributed by atoms with Gasteiger partial charge in [0.25, 0.3) is 10.1 Å². The molecule has 0 aromatic heterocycles. The van der Waals surface area contributed by atoms with E-state index in [4.69, 9.17) is 9.47 Å². The molecule has 7 nitrogen and oxygen atoms in total. The SMILES string of the molecule is CCCCCCCCCC/C=C/COC(=O)c1cccc(S(=O)(=O)O)c1C(=O)OC/C=C/CCCCCCCCCC. The van der Waals surface area contributed by atoms with E-state index in [1.807, 2.05) is 12.2 Å². The largest absolute Gasteiger partial charge is 0.458 e. The van der Waals surface area contributed by atoms with Gasteiger partial charge in [-0.1, -0.05) is 134 Å². The lowest BCUT2D eigenvalue weighted by Gasteiger charge is -2.11. The van der Waals surface area contributed by atoms with Gasteiger partial charge in [-0.05, 0) is 37.8 Å². The van der Waals surface area contributed by atoms with Crippen LogP contribution >= 0.6 is 0 Å². The van der Waals surface area contributed by atoms with Gasteiger partial charge in [0.2, 0.25) is 0 Å². The first-order chi connectivity index (χ1) is 20.3. The Balaban J connectivity index is 2.53. The summed E-state index contributed by atoms with van der Waals surface area (Å²) in [5, 5.41) is 0. The average Bonchev–Trinajstić information content (AvgIpc) is 2.97. The molecular weight excluding hydrogens is 552 g/mol. The summed E-state index contributed by atoms with van der Waals surface area (Å²) in [6.07, 6.45) is 28.8. The molecule has 0 spiro atoms. The van der Waals surface area contributed by atoms with Crippen LogP contribution in [-0.4, -0.2) is 38.1 Å². The summed E-state index contributed by atoms with van der Waals surface area (Å²) in [6.45, 7) is 4.34. The third kappa shape index (κ3) is 17.5. The second-order valence-electron chi connectivity index (χ2n) is 10.8. The third-order valence-corrected chi connectivity index (χ3v) is 8.03. The number of ether oxygens (including phenoxy) is 2. The zero-order valence-electron chi connectivity index (χ0n) is 26.0. The topological polar surface area (TPSA) is 107 Å². The Morgan fingerprint density at radius 2 is 1.07 bits per heavy atom. The van der Waals surface area contributed by atoms with Gasteiger partial charge < -0.3 is 9.47 Å². The van der Waals surface area contributed by atoms with E-state index < -0.39 is 32.5 Å². The second-order valence-corrected chi connectivity index (χ2v) is 12.2. The Morgan fingerprint density at radius 3 is 1.52 bits per heavy atom. The van der Waals surface area contributed by atoms with E-state index in [0.717, 1.165) is 38.2 Å². The number of carbonyl (C=O) groups is 2. The van der Waals surface area contributed by atoms with E-state index in [2.05, 4.69) is 13.8 Å². The highest BCUT2D eigenvalue weighted by molar-refractivity contribution is 7.86. The van der Waals surface area contributed by atoms with Gasteiger partial charge in [-0.25, -0.2) is 9.59 Å². The predicted molar refractivity (Wildman–Crippen MR) is 170 cm³/mol. The van der Waals surface area contributed by atoms with E-state index in [0.29, 0.717) is 0 Å². The zero-order chi connectivity index (χ0) is 30.9. The fourth-order valence-corrected chi connectivity index (χ4v) is 5.39. The summed E-state index contributed by atoms with van der Waals surface area (Å²) in [5.41, 5.74) is -0.793. The second kappa shape index (κ2) is 24.0. The van der Waals surface area contributed by atoms with Gasteiger partial charge in [-0.15, -0.1) is 0 Å². The van der Waals surface area contributed by atoms with Crippen LogP contribution in [0.3, 0.4) is 0 Å². The zero-order valence-corrected chi connectivity index (χ0v) is 26.8. The van der Waals surface area contributed by atoms with Crippen molar-refractivity contribution in [3.05, 3.63) is 53.6 Å². The summed E-state index contributed by atoms with van der Waals surface area (Å²) >= 11 is 0. The van der Waals surface area contributed by atoms with Crippen molar-refractivity contribution in [2.45, 2.75) is 134 Å². The average molecular weight is 607 g/mol. The molecule has 0 saturated carbocycles. The summed E-state index contributed by atoms with van der Waals surface area (Å²) in [7, 11) is -4.78. The maximum Gasteiger partial charge on any atom is 0.340 e. The van der Waals surface area contributed by atoms with E-state index in [1.165, 1.54) is 95.6 Å². The molecule has 0 bridgehead atoms. The third-order valence-electron chi connectivity index (χ3n) is 7.13. The lowest BCUT2D eigenvalue weighted by molar-refractivity contribution is 0.0499. The molecule has 1 aromatic carbocycles. The van der Waals surface area contributed by atoms with Gasteiger partial charge in [0.05, 0.1) is 11.1 Å². The van der Waals surface area contributed by atoms with Crippen molar-refractivity contribution in [3.63, 3.8) is 0 Å². The van der Waals surface area contributed by atoms with Crippen molar-refractivity contribution < 1.29 is 32.0 Å². The van der Waals surface area contributed by atoms with E-state index in [1.54, 1.807) is 12.2 Å². The van der Waals surface area contributed by atoms with Crippen molar-refractivity contribution in [1.29, 1.82) is 0 Å². The van der Waals surface area contributed by atoms with Crippen molar-refractivity contribution >= 4 is 22.1 Å². The number of hydrogen-bond donors (Lipinski definition) is 1. The number of rotatable bonds is 25. The fourth-order valence-electron chi connectivity index (χ4n) is 4.69. The molecule has 0 aliphatic heterocycles. The van der Waals surface area contributed by atoms with Crippen LogP contribution in [0, 0.1) is 0 Å². The molecule has 0 atom stereocenters. The molecule has 0 aliphatic carbocycles. The maximum atomic E-state index is 12.8. The Kier molecular flexibility index (Phi) is 21.5. The first-order valence-electron chi connectivity index (χ1n) is 16.1. The van der Waals surface area contributed by atoms with Crippen molar-refractivity contribution in [1.82, 2.24) is 0 Å². The highest BCUT2D eigenvalue weighted by Gasteiger charge is 2.28. The van der Waals surface area contributed by atoms with Gasteiger partial charge in [-0.3, -0.25) is 4.55 Å². The quantitative estimate of drug-likeness (QED) is 0.0511. The summed E-state index contributed by atoms with van der Waals surface area (Å²) in [6, 6.07) is 3.62. The van der Waals surface area contributed by atoms with Crippen LogP contribution in [-0.2, 0) is 19.6 Å². The molecular formula is C34H54O7S. The molecule has 0 saturated heterocycles. The van der Waals surface area contributed by atoms with Crippen molar-refractivity contribution in [2.24, 2.45) is 0 Å². The Hall–Kier alpha value is -2.45. The predicted octanol–water partition coefficient (Wildman–Crippen LogP) is 9.42. The minimum Gasteiger partial charge on any atom is -0.458 e. The summed E-state index contributed by atoms with van der Waals surface area (Å²) in [4.78, 5) is 24.9. The lowest BCUT2D eigenvalue weighted by Crippen LogP contribution is -2.18. The number of allylic oxidation sites excluding steroid dienone is 2. The highest BCUT2D eigenvalue weighted by atomic mass is 32.2. The Labute approximate surface area is 254 Å². The molecule has 0 heterocycles. The Bertz CT molecular complexity index is 1040.